The summed E-state index contributed by atoms with van der Waals surface area (Å²) in [4.78, 5) is 50.5. The topological polar surface area (TPSA) is 143 Å². The van der Waals surface area contributed by atoms with E-state index < -0.39 is 22.4 Å². The van der Waals surface area contributed by atoms with Gasteiger partial charge in [0.25, 0.3) is 5.69 Å². The number of benzene rings is 3. The number of rotatable bonds is 12. The molecule has 0 saturated carbocycles. The molecule has 0 radical (unpaired) electrons. The summed E-state index contributed by atoms with van der Waals surface area (Å²) >= 11 is 0. The molecule has 196 valence electrons. The summed E-state index contributed by atoms with van der Waals surface area (Å²) in [5.74, 6) is -0.478. The first-order valence-corrected chi connectivity index (χ1v) is 12.0. The van der Waals surface area contributed by atoms with Gasteiger partial charge in [0, 0.05) is 25.2 Å². The molecule has 11 nitrogen and oxygen atoms in total. The first-order valence-electron chi connectivity index (χ1n) is 12.0. The Morgan fingerprint density at radius 1 is 0.947 bits per heavy atom. The number of nitrogens with zero attached hydrogens (tertiary/aromatic N) is 4. The van der Waals surface area contributed by atoms with E-state index >= 15 is 0 Å². The van der Waals surface area contributed by atoms with Gasteiger partial charge < -0.3 is 15.4 Å². The Kier molecular flexibility index (Phi) is 8.17. The lowest BCUT2D eigenvalue weighted by Crippen LogP contribution is -2.41. The van der Waals surface area contributed by atoms with Crippen LogP contribution in [0.15, 0.2) is 83.7 Å². The number of nitro groups is 1. The number of carbonyl (C=O) groups excluding carboxylic acids is 2. The van der Waals surface area contributed by atoms with Gasteiger partial charge in [0.1, 0.15) is 12.3 Å². The summed E-state index contributed by atoms with van der Waals surface area (Å²) in [6.45, 7) is 0.00246. The number of aryl methyl sites for hydroxylation is 1. The molecule has 0 saturated heterocycles. The lowest BCUT2D eigenvalue weighted by atomic mass is 10.2. The van der Waals surface area contributed by atoms with Gasteiger partial charge in [-0.15, -0.1) is 0 Å². The van der Waals surface area contributed by atoms with E-state index in [0.29, 0.717) is 29.8 Å². The molecule has 0 bridgehead atoms. The Labute approximate surface area is 217 Å². The second-order valence-corrected chi connectivity index (χ2v) is 8.67. The number of nitro benzene ring substituents is 1. The highest BCUT2D eigenvalue weighted by Gasteiger charge is 2.22. The number of amides is 2. The maximum atomic E-state index is 13.4. The van der Waals surface area contributed by atoms with Gasteiger partial charge in [-0.1, -0.05) is 48.5 Å². The molecule has 3 aromatic carbocycles. The summed E-state index contributed by atoms with van der Waals surface area (Å²) in [7, 11) is 0. The predicted octanol–water partition coefficient (Wildman–Crippen LogP) is 2.69. The van der Waals surface area contributed by atoms with Crippen LogP contribution >= 0.6 is 0 Å². The molecule has 4 aromatic rings. The van der Waals surface area contributed by atoms with E-state index in [1.165, 1.54) is 32.2 Å². The van der Waals surface area contributed by atoms with Crippen molar-refractivity contribution >= 4 is 28.5 Å². The summed E-state index contributed by atoms with van der Waals surface area (Å²) < 4.78 is 8.37. The van der Waals surface area contributed by atoms with Gasteiger partial charge in [-0.2, -0.15) is 0 Å². The Hall–Kier alpha value is -4.93. The maximum Gasteiger partial charge on any atom is 0.329 e. The maximum absolute atomic E-state index is 13.4. The molecule has 2 amide bonds. The first kappa shape index (κ1) is 26.1. The van der Waals surface area contributed by atoms with Crippen LogP contribution in [0, 0.1) is 10.1 Å². The number of non-ortho nitro benzene ring substituents is 1. The van der Waals surface area contributed by atoms with Gasteiger partial charge in [-0.3, -0.25) is 28.8 Å². The molecule has 2 N–H and O–H groups in total. The van der Waals surface area contributed by atoms with Gasteiger partial charge in [0.05, 0.1) is 29.1 Å². The number of ether oxygens (including phenoxy) is 1. The third kappa shape index (κ3) is 6.25. The number of fused-ring (bicyclic) bond motifs is 1. The van der Waals surface area contributed by atoms with Crippen LogP contribution in [0.25, 0.3) is 11.0 Å². The van der Waals surface area contributed by atoms with Crippen molar-refractivity contribution in [2.24, 2.45) is 5.73 Å². The molecule has 0 fully saturated rings. The van der Waals surface area contributed by atoms with Gasteiger partial charge in [-0.25, -0.2) is 4.79 Å². The fourth-order valence-corrected chi connectivity index (χ4v) is 4.18. The lowest BCUT2D eigenvalue weighted by Gasteiger charge is -2.21. The second-order valence-electron chi connectivity index (χ2n) is 8.67. The minimum atomic E-state index is -0.682. The molecule has 1 aromatic heterocycles. The van der Waals surface area contributed by atoms with Crippen LogP contribution in [0.5, 0.6) is 5.75 Å². The fraction of sp³-hybridized carbons (Fsp3) is 0.222. The summed E-state index contributed by atoms with van der Waals surface area (Å²) in [6.07, 6.45) is 0.451. The number of primary amides is 1. The van der Waals surface area contributed by atoms with Crippen molar-refractivity contribution in [3.05, 3.63) is 105 Å². The normalized spacial score (nSPS) is 10.8. The van der Waals surface area contributed by atoms with E-state index in [1.807, 2.05) is 60.7 Å². The van der Waals surface area contributed by atoms with Crippen LogP contribution in [0.4, 0.5) is 5.69 Å². The van der Waals surface area contributed by atoms with Crippen LogP contribution in [0.3, 0.4) is 0 Å². The highest BCUT2D eigenvalue weighted by molar-refractivity contribution is 5.85. The zero-order valence-electron chi connectivity index (χ0n) is 20.6. The van der Waals surface area contributed by atoms with Gasteiger partial charge in [0.15, 0.2) is 0 Å². The number of hydrogen-bond acceptors (Lipinski definition) is 6. The molecule has 11 heteroatoms. The Balaban J connectivity index is 1.60. The molecule has 0 aliphatic rings. The average Bonchev–Trinajstić information content (AvgIpc) is 3.16. The minimum Gasteiger partial charge on any atom is -0.494 e. The van der Waals surface area contributed by atoms with Crippen LogP contribution in [0.1, 0.15) is 12.0 Å². The van der Waals surface area contributed by atoms with Gasteiger partial charge in [-0.05, 0) is 30.2 Å². The SMILES string of the molecule is NC(=O)CN(Cc1ccccc1)C(=O)Cn1c(=O)n(CCCOc2ccccc2)c2cc([N+](=O)[O-])ccc21. The predicted molar refractivity (Wildman–Crippen MR) is 140 cm³/mol. The van der Waals surface area contributed by atoms with Crippen molar-refractivity contribution in [3.8, 4) is 5.75 Å². The van der Waals surface area contributed by atoms with E-state index in [-0.39, 0.29) is 31.9 Å². The van der Waals surface area contributed by atoms with Crippen molar-refractivity contribution in [1.82, 2.24) is 14.0 Å². The molecular weight excluding hydrogens is 490 g/mol. The fourth-order valence-electron chi connectivity index (χ4n) is 4.18. The number of imidazole rings is 1. The zero-order valence-corrected chi connectivity index (χ0v) is 20.6. The van der Waals surface area contributed by atoms with Crippen molar-refractivity contribution in [1.29, 1.82) is 0 Å². The first-order chi connectivity index (χ1) is 18.3. The van der Waals surface area contributed by atoms with Gasteiger partial charge >= 0.3 is 5.69 Å². The van der Waals surface area contributed by atoms with E-state index in [9.17, 15) is 24.5 Å². The van der Waals surface area contributed by atoms with Crippen molar-refractivity contribution < 1.29 is 19.2 Å². The standard InChI is InChI=1S/C27H27N5O6/c28-25(33)18-29(17-20-8-3-1-4-9-20)26(34)19-31-23-13-12-21(32(36)37)16-24(23)30(27(31)35)14-7-15-38-22-10-5-2-6-11-22/h1-6,8-13,16H,7,14-15,17-19H2,(H2,28,33). The highest BCUT2D eigenvalue weighted by Crippen LogP contribution is 2.21. The van der Waals surface area contributed by atoms with Crippen molar-refractivity contribution in [2.75, 3.05) is 13.2 Å². The molecule has 0 atom stereocenters. The monoisotopic (exact) mass is 517 g/mol. The van der Waals surface area contributed by atoms with Gasteiger partial charge in [0.2, 0.25) is 11.8 Å². The third-order valence-electron chi connectivity index (χ3n) is 5.96. The minimum absolute atomic E-state index is 0.137. The van der Waals surface area contributed by atoms with E-state index in [0.717, 1.165) is 5.56 Å². The zero-order chi connectivity index (χ0) is 27.1. The summed E-state index contributed by atoms with van der Waals surface area (Å²) in [6, 6.07) is 22.4. The number of aromatic nitrogens is 2. The summed E-state index contributed by atoms with van der Waals surface area (Å²) in [5, 5.41) is 11.4. The van der Waals surface area contributed by atoms with Crippen LogP contribution in [0.2, 0.25) is 0 Å². The average molecular weight is 518 g/mol. The molecule has 0 unspecified atom stereocenters. The molecule has 1 heterocycles. The summed E-state index contributed by atoms with van der Waals surface area (Å²) in [5.41, 5.74) is 6.22. The second kappa shape index (κ2) is 11.9. The smallest absolute Gasteiger partial charge is 0.329 e. The third-order valence-corrected chi connectivity index (χ3v) is 5.96. The number of hydrogen-bond donors (Lipinski definition) is 1. The molecular formula is C27H27N5O6. The molecule has 0 spiro atoms. The molecule has 0 aliphatic heterocycles. The Morgan fingerprint density at radius 2 is 1.63 bits per heavy atom. The number of nitrogens with two attached hydrogens (primary N) is 1. The molecule has 4 rings (SSSR count). The van der Waals surface area contributed by atoms with Crippen LogP contribution in [-0.2, 0) is 29.2 Å². The number of carbonyl (C=O) groups is 2. The molecule has 38 heavy (non-hydrogen) atoms. The Morgan fingerprint density at radius 3 is 2.29 bits per heavy atom. The molecule has 0 aliphatic carbocycles. The quantitative estimate of drug-likeness (QED) is 0.174. The van der Waals surface area contributed by atoms with Crippen LogP contribution < -0.4 is 16.2 Å². The van der Waals surface area contributed by atoms with E-state index in [4.69, 9.17) is 10.5 Å². The van der Waals surface area contributed by atoms with Crippen molar-refractivity contribution in [2.45, 2.75) is 26.1 Å². The van der Waals surface area contributed by atoms with E-state index in [2.05, 4.69) is 0 Å². The van der Waals surface area contributed by atoms with E-state index in [1.54, 1.807) is 0 Å². The largest absolute Gasteiger partial charge is 0.494 e. The Bertz CT molecular complexity index is 1500. The lowest BCUT2D eigenvalue weighted by molar-refractivity contribution is -0.384. The number of para-hydroxylation sites is 1. The van der Waals surface area contributed by atoms with Crippen molar-refractivity contribution in [3.63, 3.8) is 0 Å². The van der Waals surface area contributed by atoms with Crippen LogP contribution in [-0.4, -0.2) is 43.9 Å². The highest BCUT2D eigenvalue weighted by atomic mass is 16.6.